The summed E-state index contributed by atoms with van der Waals surface area (Å²) in [6.07, 6.45) is 0.211. The molecule has 19 heavy (non-hydrogen) atoms. The molecule has 1 N–H and O–H groups in total. The number of benzene rings is 1. The Balaban J connectivity index is 1.97. The second-order valence-electron chi connectivity index (χ2n) is 4.94. The van der Waals surface area contributed by atoms with Crippen molar-refractivity contribution < 1.29 is 9.50 Å². The van der Waals surface area contributed by atoms with Crippen molar-refractivity contribution in [3.8, 4) is 0 Å². The second-order valence-corrected chi connectivity index (χ2v) is 8.82. The summed E-state index contributed by atoms with van der Waals surface area (Å²) in [7, 11) is 0. The van der Waals surface area contributed by atoms with Gasteiger partial charge in [0.05, 0.1) is 10.6 Å². The van der Waals surface area contributed by atoms with Crippen LogP contribution in [0.2, 0.25) is 0 Å². The van der Waals surface area contributed by atoms with Gasteiger partial charge in [0, 0.05) is 21.5 Å². The standard InChI is InChI=1S/C14H18BrFOS2/c1-8-9(2)19-14(7-18-8)13(17)6-10-3-4-12(16)11(15)5-10/h3-5,8-9,13-14,17H,6-7H2,1-2H3. The molecule has 0 bridgehead atoms. The van der Waals surface area contributed by atoms with E-state index in [1.165, 1.54) is 6.07 Å². The fraction of sp³-hybridized carbons (Fsp3) is 0.571. The van der Waals surface area contributed by atoms with Crippen LogP contribution in [0.5, 0.6) is 0 Å². The van der Waals surface area contributed by atoms with Crippen molar-refractivity contribution in [2.24, 2.45) is 0 Å². The number of hydrogen-bond donors (Lipinski definition) is 1. The normalized spacial score (nSPS) is 29.2. The minimum atomic E-state index is -0.371. The van der Waals surface area contributed by atoms with E-state index in [0.29, 0.717) is 21.4 Å². The average Bonchev–Trinajstić information content (AvgIpc) is 2.37. The fourth-order valence-corrected chi connectivity index (χ4v) is 5.49. The lowest BCUT2D eigenvalue weighted by Gasteiger charge is -2.33. The van der Waals surface area contributed by atoms with Crippen LogP contribution in [-0.4, -0.2) is 32.7 Å². The van der Waals surface area contributed by atoms with Crippen LogP contribution < -0.4 is 0 Å². The van der Waals surface area contributed by atoms with E-state index in [1.807, 2.05) is 23.5 Å². The molecule has 1 saturated heterocycles. The van der Waals surface area contributed by atoms with E-state index >= 15 is 0 Å². The van der Waals surface area contributed by atoms with E-state index in [9.17, 15) is 9.50 Å². The van der Waals surface area contributed by atoms with Gasteiger partial charge in [0.1, 0.15) is 5.82 Å². The van der Waals surface area contributed by atoms with E-state index in [-0.39, 0.29) is 17.2 Å². The van der Waals surface area contributed by atoms with Crippen molar-refractivity contribution in [2.45, 2.75) is 42.1 Å². The average molecular weight is 365 g/mol. The Hall–Kier alpha value is 0.290. The Morgan fingerprint density at radius 2 is 2.16 bits per heavy atom. The number of hydrogen-bond acceptors (Lipinski definition) is 3. The molecule has 0 amide bonds. The van der Waals surface area contributed by atoms with Gasteiger partial charge in [0.25, 0.3) is 0 Å². The van der Waals surface area contributed by atoms with Gasteiger partial charge in [-0.15, -0.1) is 0 Å². The SMILES string of the molecule is CC1SCC(C(O)Cc2ccc(F)c(Br)c2)SC1C. The Bertz CT molecular complexity index is 443. The zero-order valence-electron chi connectivity index (χ0n) is 11.0. The summed E-state index contributed by atoms with van der Waals surface area (Å²) in [5.41, 5.74) is 0.970. The summed E-state index contributed by atoms with van der Waals surface area (Å²) in [4.78, 5) is 0. The zero-order chi connectivity index (χ0) is 14.0. The van der Waals surface area contributed by atoms with Crippen molar-refractivity contribution in [3.05, 3.63) is 34.1 Å². The molecule has 106 valence electrons. The largest absolute Gasteiger partial charge is 0.392 e. The summed E-state index contributed by atoms with van der Waals surface area (Å²) in [5.74, 6) is 0.725. The Morgan fingerprint density at radius 3 is 2.79 bits per heavy atom. The van der Waals surface area contributed by atoms with Crippen molar-refractivity contribution in [2.75, 3.05) is 5.75 Å². The first-order valence-electron chi connectivity index (χ1n) is 6.36. The molecule has 1 aliphatic rings. The van der Waals surface area contributed by atoms with Crippen molar-refractivity contribution in [1.82, 2.24) is 0 Å². The van der Waals surface area contributed by atoms with E-state index in [0.717, 1.165) is 11.3 Å². The monoisotopic (exact) mass is 364 g/mol. The third-order valence-electron chi connectivity index (χ3n) is 3.43. The van der Waals surface area contributed by atoms with Crippen molar-refractivity contribution in [3.63, 3.8) is 0 Å². The van der Waals surface area contributed by atoms with Gasteiger partial charge >= 0.3 is 0 Å². The number of aliphatic hydroxyl groups excluding tert-OH is 1. The van der Waals surface area contributed by atoms with E-state index in [1.54, 1.807) is 12.1 Å². The van der Waals surface area contributed by atoms with Crippen molar-refractivity contribution >= 4 is 39.5 Å². The molecule has 0 aromatic heterocycles. The highest BCUT2D eigenvalue weighted by molar-refractivity contribution is 9.10. The van der Waals surface area contributed by atoms with Gasteiger partial charge in [0.15, 0.2) is 0 Å². The van der Waals surface area contributed by atoms with Crippen LogP contribution in [0.25, 0.3) is 0 Å². The Kier molecular flexibility index (Phi) is 5.64. The van der Waals surface area contributed by atoms with Gasteiger partial charge in [-0.05, 0) is 40.0 Å². The first-order valence-corrected chi connectivity index (χ1v) is 9.15. The molecule has 5 heteroatoms. The molecular formula is C14H18BrFOS2. The van der Waals surface area contributed by atoms with Crippen LogP contribution in [-0.2, 0) is 6.42 Å². The van der Waals surface area contributed by atoms with Gasteiger partial charge in [-0.3, -0.25) is 0 Å². The lowest BCUT2D eigenvalue weighted by Crippen LogP contribution is -2.35. The van der Waals surface area contributed by atoms with Crippen LogP contribution in [0.3, 0.4) is 0 Å². The third-order valence-corrected chi connectivity index (χ3v) is 7.58. The van der Waals surface area contributed by atoms with Crippen LogP contribution in [0, 0.1) is 5.82 Å². The topological polar surface area (TPSA) is 20.2 Å². The molecule has 1 aliphatic heterocycles. The summed E-state index contributed by atoms with van der Waals surface area (Å²) < 4.78 is 13.6. The van der Waals surface area contributed by atoms with Crippen LogP contribution in [0.1, 0.15) is 19.4 Å². The lowest BCUT2D eigenvalue weighted by atomic mass is 10.1. The highest BCUT2D eigenvalue weighted by atomic mass is 79.9. The summed E-state index contributed by atoms with van der Waals surface area (Å²) in [6, 6.07) is 4.95. The number of thioether (sulfide) groups is 2. The number of rotatable bonds is 3. The maximum atomic E-state index is 13.2. The molecule has 1 heterocycles. The van der Waals surface area contributed by atoms with Crippen LogP contribution in [0.15, 0.2) is 22.7 Å². The molecule has 1 fully saturated rings. The zero-order valence-corrected chi connectivity index (χ0v) is 14.2. The smallest absolute Gasteiger partial charge is 0.137 e. The minimum Gasteiger partial charge on any atom is -0.392 e. The minimum absolute atomic E-state index is 0.261. The van der Waals surface area contributed by atoms with Gasteiger partial charge in [-0.1, -0.05) is 19.9 Å². The number of aliphatic hydroxyl groups is 1. The van der Waals surface area contributed by atoms with Crippen molar-refractivity contribution in [1.29, 1.82) is 0 Å². The molecule has 0 spiro atoms. The predicted molar refractivity (Wildman–Crippen MR) is 86.6 cm³/mol. The van der Waals surface area contributed by atoms with Gasteiger partial charge < -0.3 is 5.11 Å². The van der Waals surface area contributed by atoms with Crippen LogP contribution in [0.4, 0.5) is 4.39 Å². The molecule has 1 aromatic carbocycles. The van der Waals surface area contributed by atoms with E-state index in [4.69, 9.17) is 0 Å². The Morgan fingerprint density at radius 1 is 1.42 bits per heavy atom. The summed E-state index contributed by atoms with van der Waals surface area (Å²) in [6.45, 7) is 4.46. The Labute approximate surface area is 130 Å². The molecule has 0 radical (unpaired) electrons. The molecule has 0 aliphatic carbocycles. The van der Waals surface area contributed by atoms with Gasteiger partial charge in [0.2, 0.25) is 0 Å². The quantitative estimate of drug-likeness (QED) is 0.870. The molecule has 2 rings (SSSR count). The lowest BCUT2D eigenvalue weighted by molar-refractivity contribution is 0.177. The maximum Gasteiger partial charge on any atom is 0.137 e. The highest BCUT2D eigenvalue weighted by Gasteiger charge is 2.30. The third kappa shape index (κ3) is 4.13. The summed E-state index contributed by atoms with van der Waals surface area (Å²) >= 11 is 6.98. The molecule has 4 atom stereocenters. The molecular weight excluding hydrogens is 347 g/mol. The summed E-state index contributed by atoms with van der Waals surface area (Å²) in [5, 5.41) is 11.8. The number of halogens is 2. The first-order chi connectivity index (χ1) is 8.97. The fourth-order valence-electron chi connectivity index (χ4n) is 2.05. The van der Waals surface area contributed by atoms with E-state index in [2.05, 4.69) is 29.8 Å². The molecule has 0 saturated carbocycles. The highest BCUT2D eigenvalue weighted by Crippen LogP contribution is 2.37. The van der Waals surface area contributed by atoms with E-state index < -0.39 is 0 Å². The maximum absolute atomic E-state index is 13.2. The first kappa shape index (κ1) is 15.7. The molecule has 1 nitrogen and oxygen atoms in total. The molecule has 1 aromatic rings. The predicted octanol–water partition coefficient (Wildman–Crippen LogP) is 4.12. The van der Waals surface area contributed by atoms with Crippen LogP contribution >= 0.6 is 39.5 Å². The molecule has 4 unspecified atom stereocenters. The second kappa shape index (κ2) is 6.83. The van der Waals surface area contributed by atoms with Gasteiger partial charge in [-0.2, -0.15) is 23.5 Å². The van der Waals surface area contributed by atoms with Gasteiger partial charge in [-0.25, -0.2) is 4.39 Å².